The monoisotopic (exact) mass is 816 g/mol. The molecule has 0 amide bonds. The van der Waals surface area contributed by atoms with Gasteiger partial charge in [-0.2, -0.15) is 4.76 Å². The Morgan fingerprint density at radius 3 is 2.07 bits per heavy atom. The molecule has 4 heterocycles. The van der Waals surface area contributed by atoms with E-state index in [1.165, 1.54) is 10.8 Å². The maximum Gasteiger partial charge on any atom is 0.393 e. The van der Waals surface area contributed by atoms with Crippen LogP contribution in [0, 0.1) is 6.92 Å². The van der Waals surface area contributed by atoms with E-state index in [1.807, 2.05) is 110 Å². The Bertz CT molecular complexity index is 2160. The molecule has 0 radical (unpaired) electrons. The number of hydrogen-bond donors (Lipinski definition) is 1. The third-order valence-corrected chi connectivity index (χ3v) is 13.1. The summed E-state index contributed by atoms with van der Waals surface area (Å²) in [7, 11) is 3.14. The molecule has 15 nitrogen and oxygen atoms in total. The van der Waals surface area contributed by atoms with Gasteiger partial charge in [0.25, 0.3) is 5.56 Å². The second-order valence-corrected chi connectivity index (χ2v) is 16.9. The summed E-state index contributed by atoms with van der Waals surface area (Å²) in [5.74, 6) is 1.92. The average molecular weight is 817 g/mol. The second kappa shape index (κ2) is 17.6. The number of ether oxygens (including phenoxy) is 5. The van der Waals surface area contributed by atoms with Crippen LogP contribution in [0.25, 0.3) is 0 Å². The second-order valence-electron chi connectivity index (χ2n) is 14.8. The SMILES string of the molecule is CC[C@@H]1CN([P@@](=O)(N=C2N(C)CCN2C)OC[C@H]2O[C@@H](n3cc(C)c(=O)[nH]c3=O)CC2OC(c2ccccc2)(c2ccc(OC)cc2)c2ccc(OC)cc2)CCO1. The van der Waals surface area contributed by atoms with Gasteiger partial charge in [-0.05, 0) is 54.3 Å². The lowest BCUT2D eigenvalue weighted by molar-refractivity contribution is -0.0974. The van der Waals surface area contributed by atoms with Crippen molar-refractivity contribution in [3.63, 3.8) is 0 Å². The first-order chi connectivity index (χ1) is 28.0. The molecule has 7 rings (SSSR count). The van der Waals surface area contributed by atoms with Crippen LogP contribution in [0.1, 0.15) is 48.2 Å². The summed E-state index contributed by atoms with van der Waals surface area (Å²) in [6.07, 6.45) is -0.220. The van der Waals surface area contributed by atoms with E-state index >= 15 is 4.57 Å². The highest BCUT2D eigenvalue weighted by atomic mass is 31.2. The van der Waals surface area contributed by atoms with Crippen LogP contribution in [-0.4, -0.2) is 116 Å². The number of morpholine rings is 1. The van der Waals surface area contributed by atoms with Gasteiger partial charge in [0.1, 0.15) is 29.4 Å². The van der Waals surface area contributed by atoms with Crippen LogP contribution in [0.2, 0.25) is 0 Å². The molecule has 3 saturated heterocycles. The molecule has 1 unspecified atom stereocenters. The van der Waals surface area contributed by atoms with Gasteiger partial charge in [0.2, 0.25) is 5.96 Å². The lowest BCUT2D eigenvalue weighted by Crippen LogP contribution is -2.42. The molecule has 0 spiro atoms. The van der Waals surface area contributed by atoms with Crippen molar-refractivity contribution in [2.75, 3.05) is 67.7 Å². The zero-order chi connectivity index (χ0) is 41.0. The maximum absolute atomic E-state index is 15.3. The molecule has 58 heavy (non-hydrogen) atoms. The van der Waals surface area contributed by atoms with Gasteiger partial charge in [0, 0.05) is 58.5 Å². The number of nitrogens with one attached hydrogen (secondary N) is 1. The number of methoxy groups -OCH3 is 2. The van der Waals surface area contributed by atoms with Crippen molar-refractivity contribution in [1.82, 2.24) is 24.0 Å². The first-order valence-electron chi connectivity index (χ1n) is 19.6. The fraction of sp³-hybridized carbons (Fsp3) is 0.452. The van der Waals surface area contributed by atoms with Crippen LogP contribution in [-0.2, 0) is 28.9 Å². The van der Waals surface area contributed by atoms with Crippen molar-refractivity contribution in [2.24, 2.45) is 4.76 Å². The summed E-state index contributed by atoms with van der Waals surface area (Å²) in [4.78, 5) is 32.1. The predicted octanol–water partition coefficient (Wildman–Crippen LogP) is 5.00. The van der Waals surface area contributed by atoms with Gasteiger partial charge in [-0.1, -0.05) is 61.5 Å². The molecule has 0 bridgehead atoms. The quantitative estimate of drug-likeness (QED) is 0.135. The minimum Gasteiger partial charge on any atom is -0.497 e. The zero-order valence-electron chi connectivity index (χ0n) is 33.9. The van der Waals surface area contributed by atoms with Crippen molar-refractivity contribution in [3.05, 3.63) is 128 Å². The summed E-state index contributed by atoms with van der Waals surface area (Å²) >= 11 is 0. The van der Waals surface area contributed by atoms with Crippen molar-refractivity contribution < 1.29 is 32.8 Å². The van der Waals surface area contributed by atoms with E-state index in [9.17, 15) is 9.59 Å². The summed E-state index contributed by atoms with van der Waals surface area (Å²) in [6, 6.07) is 25.3. The smallest absolute Gasteiger partial charge is 0.393 e. The van der Waals surface area contributed by atoms with Crippen LogP contribution < -0.4 is 20.7 Å². The predicted molar refractivity (Wildman–Crippen MR) is 220 cm³/mol. The number of rotatable bonds is 14. The highest BCUT2D eigenvalue weighted by Crippen LogP contribution is 2.55. The molecule has 3 aliphatic heterocycles. The van der Waals surface area contributed by atoms with Crippen molar-refractivity contribution >= 4 is 13.6 Å². The van der Waals surface area contributed by atoms with Crippen LogP contribution in [0.3, 0.4) is 0 Å². The molecule has 3 aromatic carbocycles. The average Bonchev–Trinajstić information content (AvgIpc) is 3.80. The van der Waals surface area contributed by atoms with Crippen LogP contribution in [0.15, 0.2) is 99.4 Å². The Labute approximate surface area is 338 Å². The van der Waals surface area contributed by atoms with Gasteiger partial charge in [-0.25, -0.2) is 14.0 Å². The van der Waals surface area contributed by atoms with E-state index in [2.05, 4.69) is 4.98 Å². The Kier molecular flexibility index (Phi) is 12.6. The number of benzene rings is 3. The number of guanidine groups is 1. The highest BCUT2D eigenvalue weighted by Gasteiger charge is 2.48. The standard InChI is InChI=1S/C42H53N6O9P/c1-7-33-27-47(23-24-54-33)58(51,44-40-45(3)21-22-46(40)4)55-28-37-36(25-38(56-37)48-26-29(2)39(49)43-41(48)50)57-42(30-11-9-8-10-12-30,31-13-17-34(52-5)18-14-31)32-15-19-35(53-6)20-16-32/h8-20,26,33,36-38H,7,21-25,27-28H2,1-6H3,(H,43,49,50)/t33-,36?,37-,38-,58-/m1/s1. The topological polar surface area (TPSA) is 149 Å². The maximum atomic E-state index is 15.3. The van der Waals surface area contributed by atoms with Gasteiger partial charge in [0.15, 0.2) is 0 Å². The van der Waals surface area contributed by atoms with Crippen molar-refractivity contribution in [2.45, 2.75) is 56.8 Å². The van der Waals surface area contributed by atoms with Crippen molar-refractivity contribution in [3.8, 4) is 11.5 Å². The van der Waals surface area contributed by atoms with Gasteiger partial charge < -0.3 is 33.5 Å². The Morgan fingerprint density at radius 2 is 1.48 bits per heavy atom. The van der Waals surface area contributed by atoms with E-state index in [0.717, 1.165) is 36.2 Å². The number of aryl methyl sites for hydroxylation is 1. The van der Waals surface area contributed by atoms with Gasteiger partial charge in [0.05, 0.1) is 39.6 Å². The number of nitrogens with zero attached hydrogens (tertiary/aromatic N) is 5. The highest BCUT2D eigenvalue weighted by molar-refractivity contribution is 7.55. The minimum absolute atomic E-state index is 0.135. The summed E-state index contributed by atoms with van der Waals surface area (Å²) in [5, 5.41) is 0. The molecule has 3 aliphatic rings. The number of aromatic nitrogens is 2. The lowest BCUT2D eigenvalue weighted by Gasteiger charge is -2.39. The molecule has 3 fully saturated rings. The lowest BCUT2D eigenvalue weighted by atomic mass is 9.79. The van der Waals surface area contributed by atoms with E-state index in [-0.39, 0.29) is 19.1 Å². The molecule has 310 valence electrons. The summed E-state index contributed by atoms with van der Waals surface area (Å²) in [6.45, 7) is 6.05. The Hall–Kier alpha value is -4.76. The zero-order valence-corrected chi connectivity index (χ0v) is 34.8. The Morgan fingerprint density at radius 1 is 0.879 bits per heavy atom. The van der Waals surface area contributed by atoms with E-state index in [1.54, 1.807) is 25.8 Å². The molecular weight excluding hydrogens is 763 g/mol. The van der Waals surface area contributed by atoms with Crippen LogP contribution in [0.5, 0.6) is 11.5 Å². The molecule has 4 aromatic rings. The number of H-pyrrole nitrogens is 1. The molecular formula is C42H53N6O9P. The normalized spacial score (nSPS) is 22.6. The van der Waals surface area contributed by atoms with E-state index in [4.69, 9.17) is 33.0 Å². The van der Waals surface area contributed by atoms with E-state index < -0.39 is 43.0 Å². The van der Waals surface area contributed by atoms with Gasteiger partial charge in [-0.3, -0.25) is 18.9 Å². The molecule has 1 aromatic heterocycles. The third-order valence-electron chi connectivity index (χ3n) is 11.1. The van der Waals surface area contributed by atoms with Crippen LogP contribution in [0.4, 0.5) is 0 Å². The molecule has 16 heteroatoms. The Balaban J connectivity index is 1.34. The largest absolute Gasteiger partial charge is 0.497 e. The minimum atomic E-state index is -3.93. The summed E-state index contributed by atoms with van der Waals surface area (Å²) in [5.41, 5.74) is 0.425. The summed E-state index contributed by atoms with van der Waals surface area (Å²) < 4.78 is 61.2. The van der Waals surface area contributed by atoms with Crippen LogP contribution >= 0.6 is 7.67 Å². The number of aromatic amines is 1. The first kappa shape index (κ1) is 41.4. The third kappa shape index (κ3) is 8.38. The van der Waals surface area contributed by atoms with Crippen molar-refractivity contribution in [1.29, 1.82) is 0 Å². The van der Waals surface area contributed by atoms with Gasteiger partial charge >= 0.3 is 13.4 Å². The number of hydrogen-bond acceptors (Lipinski definition) is 9. The number of likely N-dealkylation sites (N-methyl/N-ethyl adjacent to an activating group) is 2. The van der Waals surface area contributed by atoms with Gasteiger partial charge in [-0.15, -0.1) is 0 Å². The van der Waals surface area contributed by atoms with E-state index in [0.29, 0.717) is 42.7 Å². The molecule has 1 N–H and O–H groups in total. The fourth-order valence-corrected chi connectivity index (χ4v) is 9.73. The molecule has 5 atom stereocenters. The first-order valence-corrected chi connectivity index (χ1v) is 21.1. The fourth-order valence-electron chi connectivity index (χ4n) is 7.78. The molecule has 0 aliphatic carbocycles. The molecule has 0 saturated carbocycles.